The number of nitrogens with one attached hydrogen (secondary N) is 1. The van der Waals surface area contributed by atoms with Gasteiger partial charge >= 0.3 is 6.03 Å². The number of rotatable bonds is 8. The second-order valence-corrected chi connectivity index (χ2v) is 10.1. The molecule has 33 heavy (non-hydrogen) atoms. The lowest BCUT2D eigenvalue weighted by Gasteiger charge is -2.43. The highest BCUT2D eigenvalue weighted by molar-refractivity contribution is 5.74. The van der Waals surface area contributed by atoms with Gasteiger partial charge in [0.25, 0.3) is 0 Å². The van der Waals surface area contributed by atoms with Gasteiger partial charge in [-0.2, -0.15) is 0 Å². The SMILES string of the molecule is CN1CCC(N(Cc2ccc(F)cn2)C(=O)NCc2ccc(OCC3CC3)cc2)C2(CC2)C1. The van der Waals surface area contributed by atoms with Crippen molar-refractivity contribution in [1.82, 2.24) is 20.1 Å². The molecule has 1 unspecified atom stereocenters. The van der Waals surface area contributed by atoms with E-state index < -0.39 is 0 Å². The van der Waals surface area contributed by atoms with Crippen LogP contribution in [0.5, 0.6) is 5.75 Å². The predicted molar refractivity (Wildman–Crippen MR) is 124 cm³/mol. The van der Waals surface area contributed by atoms with Crippen LogP contribution in [0.2, 0.25) is 0 Å². The average molecular weight is 453 g/mol. The van der Waals surface area contributed by atoms with Gasteiger partial charge in [0.1, 0.15) is 11.6 Å². The Morgan fingerprint density at radius 2 is 2.00 bits per heavy atom. The van der Waals surface area contributed by atoms with E-state index in [9.17, 15) is 9.18 Å². The number of hydrogen-bond acceptors (Lipinski definition) is 4. The summed E-state index contributed by atoms with van der Waals surface area (Å²) in [6, 6.07) is 11.1. The molecule has 5 rings (SSSR count). The summed E-state index contributed by atoms with van der Waals surface area (Å²) >= 11 is 0. The van der Waals surface area contributed by atoms with Gasteiger partial charge in [-0.1, -0.05) is 12.1 Å². The first-order valence-electron chi connectivity index (χ1n) is 12.1. The Balaban J connectivity index is 1.25. The number of carbonyl (C=O) groups is 1. The summed E-state index contributed by atoms with van der Waals surface area (Å²) in [6.07, 6.45) is 6.99. The average Bonchev–Trinajstić information content (AvgIpc) is 3.75. The zero-order valence-corrected chi connectivity index (χ0v) is 19.3. The molecule has 2 saturated carbocycles. The maximum atomic E-state index is 13.4. The fourth-order valence-corrected chi connectivity index (χ4v) is 4.99. The molecule has 2 heterocycles. The second-order valence-electron chi connectivity index (χ2n) is 10.1. The molecule has 1 spiro atoms. The van der Waals surface area contributed by atoms with Gasteiger partial charge in [-0.3, -0.25) is 4.98 Å². The fraction of sp³-hybridized carbons (Fsp3) is 0.538. The Morgan fingerprint density at radius 3 is 2.67 bits per heavy atom. The molecule has 1 N–H and O–H groups in total. The molecule has 3 aliphatic rings. The molecule has 3 fully saturated rings. The summed E-state index contributed by atoms with van der Waals surface area (Å²) in [4.78, 5) is 21.9. The number of halogens is 1. The van der Waals surface area contributed by atoms with Crippen LogP contribution in [0.1, 0.15) is 43.4 Å². The van der Waals surface area contributed by atoms with Crippen LogP contribution in [0.25, 0.3) is 0 Å². The summed E-state index contributed by atoms with van der Waals surface area (Å²) in [7, 11) is 2.15. The zero-order valence-electron chi connectivity index (χ0n) is 19.3. The van der Waals surface area contributed by atoms with Crippen molar-refractivity contribution in [2.75, 3.05) is 26.7 Å². The predicted octanol–water partition coefficient (Wildman–Crippen LogP) is 4.21. The molecule has 1 saturated heterocycles. The van der Waals surface area contributed by atoms with Gasteiger partial charge in [-0.25, -0.2) is 9.18 Å². The van der Waals surface area contributed by atoms with Crippen LogP contribution in [0, 0.1) is 17.2 Å². The number of ether oxygens (including phenoxy) is 1. The maximum absolute atomic E-state index is 13.4. The van der Waals surface area contributed by atoms with Crippen LogP contribution in [0.15, 0.2) is 42.6 Å². The molecule has 2 amide bonds. The molecule has 1 atom stereocenters. The van der Waals surface area contributed by atoms with Gasteiger partial charge in [-0.15, -0.1) is 0 Å². The third-order valence-corrected chi connectivity index (χ3v) is 7.28. The molecule has 1 aromatic heterocycles. The molecule has 1 aliphatic heterocycles. The molecule has 2 aromatic rings. The van der Waals surface area contributed by atoms with E-state index >= 15 is 0 Å². The summed E-state index contributed by atoms with van der Waals surface area (Å²) in [5, 5.41) is 3.12. The number of amides is 2. The molecule has 176 valence electrons. The molecular formula is C26H33FN4O2. The number of piperidine rings is 1. The second kappa shape index (κ2) is 9.29. The number of benzene rings is 1. The number of carbonyl (C=O) groups excluding carboxylic acids is 1. The number of pyridine rings is 1. The third-order valence-electron chi connectivity index (χ3n) is 7.28. The number of aromatic nitrogens is 1. The first-order valence-corrected chi connectivity index (χ1v) is 12.1. The molecule has 1 aromatic carbocycles. The number of nitrogens with zero attached hydrogens (tertiary/aromatic N) is 3. The normalized spacial score (nSPS) is 21.6. The van der Waals surface area contributed by atoms with Crippen molar-refractivity contribution < 1.29 is 13.9 Å². The van der Waals surface area contributed by atoms with Gasteiger partial charge in [0.05, 0.1) is 25.0 Å². The Kier molecular flexibility index (Phi) is 6.23. The van der Waals surface area contributed by atoms with Crippen LogP contribution in [-0.4, -0.2) is 53.6 Å². The monoisotopic (exact) mass is 452 g/mol. The highest BCUT2D eigenvalue weighted by Crippen LogP contribution is 2.54. The lowest BCUT2D eigenvalue weighted by atomic mass is 9.87. The summed E-state index contributed by atoms with van der Waals surface area (Å²) in [6.45, 7) is 3.61. The minimum Gasteiger partial charge on any atom is -0.493 e. The summed E-state index contributed by atoms with van der Waals surface area (Å²) in [5.74, 6) is 1.24. The van der Waals surface area contributed by atoms with Gasteiger partial charge in [0.2, 0.25) is 0 Å². The Morgan fingerprint density at radius 1 is 1.21 bits per heavy atom. The van der Waals surface area contributed by atoms with Crippen LogP contribution in [-0.2, 0) is 13.1 Å². The number of likely N-dealkylation sites (tertiary alicyclic amines) is 1. The van der Waals surface area contributed by atoms with E-state index in [1.54, 1.807) is 6.07 Å². The van der Waals surface area contributed by atoms with Crippen molar-refractivity contribution in [3.63, 3.8) is 0 Å². The van der Waals surface area contributed by atoms with E-state index in [1.165, 1.54) is 25.1 Å². The summed E-state index contributed by atoms with van der Waals surface area (Å²) in [5.41, 5.74) is 1.91. The largest absolute Gasteiger partial charge is 0.493 e. The van der Waals surface area contributed by atoms with Crippen LogP contribution in [0.4, 0.5) is 9.18 Å². The van der Waals surface area contributed by atoms with Crippen LogP contribution < -0.4 is 10.1 Å². The zero-order chi connectivity index (χ0) is 22.8. The maximum Gasteiger partial charge on any atom is 0.318 e. The first kappa shape index (κ1) is 22.1. The van der Waals surface area contributed by atoms with Crippen molar-refractivity contribution in [2.45, 2.75) is 51.2 Å². The van der Waals surface area contributed by atoms with E-state index in [4.69, 9.17) is 4.74 Å². The molecule has 7 heteroatoms. The Hall–Kier alpha value is -2.67. The van der Waals surface area contributed by atoms with Crippen molar-refractivity contribution >= 4 is 6.03 Å². The fourth-order valence-electron chi connectivity index (χ4n) is 4.99. The van der Waals surface area contributed by atoms with Crippen LogP contribution in [0.3, 0.4) is 0 Å². The minimum absolute atomic E-state index is 0.0870. The lowest BCUT2D eigenvalue weighted by molar-refractivity contribution is 0.0669. The van der Waals surface area contributed by atoms with E-state index in [-0.39, 0.29) is 23.3 Å². The van der Waals surface area contributed by atoms with Gasteiger partial charge in [0.15, 0.2) is 0 Å². The van der Waals surface area contributed by atoms with Gasteiger partial charge in [0, 0.05) is 24.5 Å². The minimum atomic E-state index is -0.364. The van der Waals surface area contributed by atoms with Crippen molar-refractivity contribution in [3.05, 3.63) is 59.7 Å². The molecule has 0 bridgehead atoms. The highest BCUT2D eigenvalue weighted by atomic mass is 19.1. The first-order chi connectivity index (χ1) is 16.0. The van der Waals surface area contributed by atoms with E-state index in [0.29, 0.717) is 18.8 Å². The van der Waals surface area contributed by atoms with Crippen molar-refractivity contribution in [3.8, 4) is 5.75 Å². The quantitative estimate of drug-likeness (QED) is 0.652. The standard InChI is InChI=1S/C26H33FN4O2/c1-30-13-10-24(26(18-30)11-12-26)31(16-22-7-6-21(27)15-28-22)25(32)29-14-19-4-8-23(9-5-19)33-17-20-2-3-20/h4-9,15,20,24H,2-3,10-14,16-18H2,1H3,(H,29,32). The third kappa shape index (κ3) is 5.46. The van der Waals surface area contributed by atoms with Crippen molar-refractivity contribution in [1.29, 1.82) is 0 Å². The number of hydrogen-bond donors (Lipinski definition) is 1. The smallest absolute Gasteiger partial charge is 0.318 e. The summed E-state index contributed by atoms with van der Waals surface area (Å²) < 4.78 is 19.2. The van der Waals surface area contributed by atoms with Gasteiger partial charge in [-0.05, 0) is 81.4 Å². The van der Waals surface area contributed by atoms with Gasteiger partial charge < -0.3 is 19.9 Å². The Bertz CT molecular complexity index is 957. The molecule has 2 aliphatic carbocycles. The molecular weight excluding hydrogens is 419 g/mol. The molecule has 6 nitrogen and oxygen atoms in total. The van der Waals surface area contributed by atoms with E-state index in [0.717, 1.165) is 56.2 Å². The number of urea groups is 1. The lowest BCUT2D eigenvalue weighted by Crippen LogP contribution is -2.55. The topological polar surface area (TPSA) is 57.7 Å². The molecule has 0 radical (unpaired) electrons. The van der Waals surface area contributed by atoms with Crippen molar-refractivity contribution in [2.24, 2.45) is 11.3 Å². The van der Waals surface area contributed by atoms with E-state index in [1.807, 2.05) is 29.2 Å². The van der Waals surface area contributed by atoms with E-state index in [2.05, 4.69) is 22.2 Å². The van der Waals surface area contributed by atoms with Crippen LogP contribution >= 0.6 is 0 Å². The highest BCUT2D eigenvalue weighted by Gasteiger charge is 2.54. The Labute approximate surface area is 195 Å².